The fourth-order valence-corrected chi connectivity index (χ4v) is 1.51. The summed E-state index contributed by atoms with van der Waals surface area (Å²) in [4.78, 5) is 11.0. The van der Waals surface area contributed by atoms with Gasteiger partial charge >= 0.3 is 5.97 Å². The van der Waals surface area contributed by atoms with Gasteiger partial charge in [-0.3, -0.25) is 0 Å². The smallest absolute Gasteiger partial charge is 0.336 e. The standard InChI is InChI=1S/C12H14O3/c1-2-8-3-4-10(15-9-5-6-9)7-11(8)12(13)14/h3-4,7,9H,2,5-6H2,1H3,(H,13,14). The quantitative estimate of drug-likeness (QED) is 0.823. The monoisotopic (exact) mass is 206 g/mol. The zero-order valence-electron chi connectivity index (χ0n) is 8.69. The summed E-state index contributed by atoms with van der Waals surface area (Å²) >= 11 is 0. The molecule has 0 atom stereocenters. The van der Waals surface area contributed by atoms with Gasteiger partial charge in [0.15, 0.2) is 0 Å². The van der Waals surface area contributed by atoms with Crippen molar-refractivity contribution in [2.75, 3.05) is 0 Å². The van der Waals surface area contributed by atoms with Crippen molar-refractivity contribution in [3.05, 3.63) is 29.3 Å². The summed E-state index contributed by atoms with van der Waals surface area (Å²) < 4.78 is 5.55. The highest BCUT2D eigenvalue weighted by atomic mass is 16.5. The van der Waals surface area contributed by atoms with E-state index in [1.807, 2.05) is 19.1 Å². The highest BCUT2D eigenvalue weighted by Crippen LogP contribution is 2.28. The Bertz CT molecular complexity index is 380. The molecule has 80 valence electrons. The van der Waals surface area contributed by atoms with Crippen LogP contribution in [0.15, 0.2) is 18.2 Å². The van der Waals surface area contributed by atoms with Crippen LogP contribution in [0.4, 0.5) is 0 Å². The molecule has 0 radical (unpaired) electrons. The molecule has 15 heavy (non-hydrogen) atoms. The molecular formula is C12H14O3. The average Bonchev–Trinajstić information content (AvgIpc) is 3.01. The van der Waals surface area contributed by atoms with Crippen LogP contribution in [0, 0.1) is 0 Å². The topological polar surface area (TPSA) is 46.5 Å². The molecule has 0 amide bonds. The lowest BCUT2D eigenvalue weighted by molar-refractivity contribution is 0.0695. The van der Waals surface area contributed by atoms with Gasteiger partial charge in [0.1, 0.15) is 5.75 Å². The number of rotatable bonds is 4. The predicted octanol–water partition coefficient (Wildman–Crippen LogP) is 2.49. The maximum absolute atomic E-state index is 11.0. The van der Waals surface area contributed by atoms with E-state index in [-0.39, 0.29) is 0 Å². The predicted molar refractivity (Wildman–Crippen MR) is 56.4 cm³/mol. The van der Waals surface area contributed by atoms with E-state index >= 15 is 0 Å². The average molecular weight is 206 g/mol. The Morgan fingerprint density at radius 2 is 2.27 bits per heavy atom. The summed E-state index contributed by atoms with van der Waals surface area (Å²) in [5, 5.41) is 9.02. The van der Waals surface area contributed by atoms with Crippen LogP contribution < -0.4 is 4.74 Å². The van der Waals surface area contributed by atoms with Gasteiger partial charge < -0.3 is 9.84 Å². The molecular weight excluding hydrogens is 192 g/mol. The van der Waals surface area contributed by atoms with Crippen molar-refractivity contribution in [2.45, 2.75) is 32.3 Å². The lowest BCUT2D eigenvalue weighted by Crippen LogP contribution is -2.04. The van der Waals surface area contributed by atoms with E-state index in [2.05, 4.69) is 0 Å². The van der Waals surface area contributed by atoms with Crippen molar-refractivity contribution in [3.63, 3.8) is 0 Å². The van der Waals surface area contributed by atoms with E-state index in [4.69, 9.17) is 9.84 Å². The van der Waals surface area contributed by atoms with E-state index in [0.29, 0.717) is 17.4 Å². The molecule has 3 heteroatoms. The number of aromatic carboxylic acids is 1. The van der Waals surface area contributed by atoms with Gasteiger partial charge in [-0.2, -0.15) is 0 Å². The van der Waals surface area contributed by atoms with Crippen LogP contribution in [0.5, 0.6) is 5.75 Å². The molecule has 0 unspecified atom stereocenters. The molecule has 1 fully saturated rings. The molecule has 1 aliphatic rings. The second-order valence-electron chi connectivity index (χ2n) is 3.79. The minimum atomic E-state index is -0.881. The third-order valence-corrected chi connectivity index (χ3v) is 2.52. The number of ether oxygens (including phenoxy) is 1. The van der Waals surface area contributed by atoms with Crippen molar-refractivity contribution in [1.29, 1.82) is 0 Å². The van der Waals surface area contributed by atoms with Crippen LogP contribution >= 0.6 is 0 Å². The molecule has 0 saturated heterocycles. The fraction of sp³-hybridized carbons (Fsp3) is 0.417. The number of benzene rings is 1. The summed E-state index contributed by atoms with van der Waals surface area (Å²) in [5.41, 5.74) is 1.21. The molecule has 2 rings (SSSR count). The lowest BCUT2D eigenvalue weighted by atomic mass is 10.1. The minimum absolute atomic E-state index is 0.305. The first-order chi connectivity index (χ1) is 7.20. The molecule has 1 aromatic carbocycles. The first kappa shape index (κ1) is 10.0. The molecule has 1 aromatic rings. The van der Waals surface area contributed by atoms with E-state index in [0.717, 1.165) is 24.8 Å². The Morgan fingerprint density at radius 1 is 1.53 bits per heavy atom. The first-order valence-electron chi connectivity index (χ1n) is 5.23. The van der Waals surface area contributed by atoms with Gasteiger partial charge in [-0.1, -0.05) is 13.0 Å². The number of hydrogen-bond donors (Lipinski definition) is 1. The molecule has 0 aromatic heterocycles. The summed E-state index contributed by atoms with van der Waals surface area (Å²) in [7, 11) is 0. The Kier molecular flexibility index (Phi) is 2.62. The highest BCUT2D eigenvalue weighted by molar-refractivity contribution is 5.89. The van der Waals surface area contributed by atoms with Gasteiger partial charge in [0.2, 0.25) is 0 Å². The van der Waals surface area contributed by atoms with Crippen LogP contribution in [0.1, 0.15) is 35.7 Å². The van der Waals surface area contributed by atoms with Crippen molar-refractivity contribution in [2.24, 2.45) is 0 Å². The van der Waals surface area contributed by atoms with E-state index in [1.54, 1.807) is 6.07 Å². The largest absolute Gasteiger partial charge is 0.490 e. The van der Waals surface area contributed by atoms with Crippen LogP contribution in [0.25, 0.3) is 0 Å². The SMILES string of the molecule is CCc1ccc(OC2CC2)cc1C(=O)O. The van der Waals surface area contributed by atoms with Crippen LogP contribution in [-0.4, -0.2) is 17.2 Å². The fourth-order valence-electron chi connectivity index (χ4n) is 1.51. The summed E-state index contributed by atoms with van der Waals surface area (Å²) in [5.74, 6) is -0.208. The Hall–Kier alpha value is -1.51. The molecule has 0 bridgehead atoms. The number of carboxylic acid groups (broad SMARTS) is 1. The minimum Gasteiger partial charge on any atom is -0.490 e. The van der Waals surface area contributed by atoms with Gasteiger partial charge in [0.25, 0.3) is 0 Å². The van der Waals surface area contributed by atoms with Gasteiger partial charge in [0, 0.05) is 0 Å². The van der Waals surface area contributed by atoms with E-state index in [1.165, 1.54) is 0 Å². The number of aryl methyl sites for hydroxylation is 1. The Labute approximate surface area is 88.7 Å². The van der Waals surface area contributed by atoms with Crippen molar-refractivity contribution in [1.82, 2.24) is 0 Å². The van der Waals surface area contributed by atoms with Gasteiger partial charge in [0.05, 0.1) is 11.7 Å². The number of hydrogen-bond acceptors (Lipinski definition) is 2. The maximum atomic E-state index is 11.0. The van der Waals surface area contributed by atoms with Crippen LogP contribution in [0.3, 0.4) is 0 Å². The highest BCUT2D eigenvalue weighted by Gasteiger charge is 2.24. The second-order valence-corrected chi connectivity index (χ2v) is 3.79. The molecule has 1 aliphatic carbocycles. The molecule has 0 heterocycles. The third kappa shape index (κ3) is 2.29. The van der Waals surface area contributed by atoms with Gasteiger partial charge in [-0.05, 0) is 37.0 Å². The lowest BCUT2D eigenvalue weighted by Gasteiger charge is -2.08. The van der Waals surface area contributed by atoms with Crippen LogP contribution in [-0.2, 0) is 6.42 Å². The van der Waals surface area contributed by atoms with Crippen LogP contribution in [0.2, 0.25) is 0 Å². The molecule has 1 N–H and O–H groups in total. The Morgan fingerprint density at radius 3 is 2.80 bits per heavy atom. The Balaban J connectivity index is 2.26. The third-order valence-electron chi connectivity index (χ3n) is 2.52. The summed E-state index contributed by atoms with van der Waals surface area (Å²) in [6.45, 7) is 1.95. The van der Waals surface area contributed by atoms with Crippen molar-refractivity contribution < 1.29 is 14.6 Å². The van der Waals surface area contributed by atoms with Crippen molar-refractivity contribution in [3.8, 4) is 5.75 Å². The summed E-state index contributed by atoms with van der Waals surface area (Å²) in [6.07, 6.45) is 3.19. The second kappa shape index (κ2) is 3.93. The van der Waals surface area contributed by atoms with Gasteiger partial charge in [-0.15, -0.1) is 0 Å². The van der Waals surface area contributed by atoms with E-state index < -0.39 is 5.97 Å². The normalized spacial score (nSPS) is 15.0. The van der Waals surface area contributed by atoms with Gasteiger partial charge in [-0.25, -0.2) is 4.79 Å². The number of carbonyl (C=O) groups is 1. The molecule has 1 saturated carbocycles. The molecule has 0 aliphatic heterocycles. The zero-order chi connectivity index (χ0) is 10.8. The number of carboxylic acids is 1. The zero-order valence-corrected chi connectivity index (χ0v) is 8.69. The van der Waals surface area contributed by atoms with E-state index in [9.17, 15) is 4.79 Å². The summed E-state index contributed by atoms with van der Waals surface area (Å²) in [6, 6.07) is 5.31. The molecule has 3 nitrogen and oxygen atoms in total. The molecule has 0 spiro atoms. The first-order valence-corrected chi connectivity index (χ1v) is 5.23. The maximum Gasteiger partial charge on any atom is 0.336 e. The van der Waals surface area contributed by atoms with Crippen molar-refractivity contribution >= 4 is 5.97 Å².